The van der Waals surface area contributed by atoms with Crippen LogP contribution in [0.3, 0.4) is 0 Å². The van der Waals surface area contributed by atoms with Gasteiger partial charge in [-0.2, -0.15) is 0 Å². The molecule has 1 N–H and O–H groups in total. The van der Waals surface area contributed by atoms with Crippen LogP contribution in [0.4, 0.5) is 5.69 Å². The highest BCUT2D eigenvalue weighted by Crippen LogP contribution is 2.35. The molecule has 0 spiro atoms. The van der Waals surface area contributed by atoms with Gasteiger partial charge in [-0.05, 0) is 36.2 Å². The summed E-state index contributed by atoms with van der Waals surface area (Å²) in [5.74, 6) is 0.637. The monoisotopic (exact) mass is 390 g/mol. The molecule has 0 aliphatic heterocycles. The van der Waals surface area contributed by atoms with Crippen molar-refractivity contribution in [1.82, 2.24) is 0 Å². The second-order valence-electron chi connectivity index (χ2n) is 5.74. The lowest BCUT2D eigenvalue weighted by Gasteiger charge is -2.09. The maximum atomic E-state index is 11.9. The fourth-order valence-corrected chi connectivity index (χ4v) is 2.74. The third kappa shape index (κ3) is 6.18. The van der Waals surface area contributed by atoms with Gasteiger partial charge in [-0.1, -0.05) is 42.2 Å². The third-order valence-corrected chi connectivity index (χ3v) is 3.98. The zero-order chi connectivity index (χ0) is 19.6. The Balaban J connectivity index is 1.86. The van der Waals surface area contributed by atoms with Crippen LogP contribution in [-0.2, 0) is 16.1 Å². The van der Waals surface area contributed by atoms with E-state index < -0.39 is 0 Å². The van der Waals surface area contributed by atoms with E-state index in [0.717, 1.165) is 18.5 Å². The zero-order valence-corrected chi connectivity index (χ0v) is 16.4. The number of methoxy groups -OCH3 is 2. The molecule has 0 heterocycles. The fraction of sp³-hybridized carbons (Fsp3) is 0.300. The Morgan fingerprint density at radius 2 is 1.93 bits per heavy atom. The summed E-state index contributed by atoms with van der Waals surface area (Å²) >= 11 is 6.13. The van der Waals surface area contributed by atoms with Crippen LogP contribution in [-0.4, -0.2) is 32.9 Å². The summed E-state index contributed by atoms with van der Waals surface area (Å²) in [7, 11) is 3.03. The number of ether oxygens (including phenoxy) is 2. The van der Waals surface area contributed by atoms with E-state index in [-0.39, 0.29) is 12.5 Å². The standard InChI is InChI=1S/C20H23ClN2O4/c1-4-5-14-6-8-16(9-7-14)23-19(24)13-27-22-12-15-10-17(21)20(26-3)18(11-15)25-2/h6-12H,4-5,13H2,1-3H3,(H,23,24)/b22-12+. The number of amides is 1. The number of benzene rings is 2. The molecule has 0 radical (unpaired) electrons. The first-order valence-corrected chi connectivity index (χ1v) is 8.90. The van der Waals surface area contributed by atoms with E-state index in [1.54, 1.807) is 12.1 Å². The highest BCUT2D eigenvalue weighted by atomic mass is 35.5. The van der Waals surface area contributed by atoms with Gasteiger partial charge in [0, 0.05) is 11.3 Å². The summed E-state index contributed by atoms with van der Waals surface area (Å²) in [4.78, 5) is 17.0. The highest BCUT2D eigenvalue weighted by molar-refractivity contribution is 6.32. The molecule has 0 atom stereocenters. The van der Waals surface area contributed by atoms with Gasteiger partial charge in [0.1, 0.15) is 0 Å². The summed E-state index contributed by atoms with van der Waals surface area (Å²) in [6, 6.07) is 11.1. The molecule has 2 aromatic rings. The molecule has 7 heteroatoms. The van der Waals surface area contributed by atoms with Crippen LogP contribution in [0.25, 0.3) is 0 Å². The number of nitrogens with zero attached hydrogens (tertiary/aromatic N) is 1. The summed E-state index contributed by atoms with van der Waals surface area (Å²) in [5, 5.41) is 6.94. The number of aryl methyl sites for hydroxylation is 1. The normalized spacial score (nSPS) is 10.7. The van der Waals surface area contributed by atoms with E-state index in [1.165, 1.54) is 26.0 Å². The van der Waals surface area contributed by atoms with Crippen molar-refractivity contribution in [3.05, 3.63) is 52.5 Å². The van der Waals surface area contributed by atoms with Crippen molar-refractivity contribution in [3.63, 3.8) is 0 Å². The van der Waals surface area contributed by atoms with Crippen molar-refractivity contribution in [1.29, 1.82) is 0 Å². The molecular weight excluding hydrogens is 368 g/mol. The minimum Gasteiger partial charge on any atom is -0.493 e. The number of nitrogens with one attached hydrogen (secondary N) is 1. The van der Waals surface area contributed by atoms with Gasteiger partial charge < -0.3 is 19.6 Å². The van der Waals surface area contributed by atoms with Gasteiger partial charge in [-0.25, -0.2) is 0 Å². The molecule has 0 aliphatic rings. The van der Waals surface area contributed by atoms with Crippen molar-refractivity contribution >= 4 is 29.4 Å². The molecule has 0 unspecified atom stereocenters. The highest BCUT2D eigenvalue weighted by Gasteiger charge is 2.10. The van der Waals surface area contributed by atoms with Crippen LogP contribution in [0.2, 0.25) is 5.02 Å². The van der Waals surface area contributed by atoms with E-state index in [0.29, 0.717) is 22.1 Å². The first-order valence-electron chi connectivity index (χ1n) is 8.53. The number of hydrogen-bond acceptors (Lipinski definition) is 5. The van der Waals surface area contributed by atoms with Crippen LogP contribution in [0.1, 0.15) is 24.5 Å². The molecule has 0 fully saturated rings. The van der Waals surface area contributed by atoms with E-state index >= 15 is 0 Å². The Bertz CT molecular complexity index is 791. The van der Waals surface area contributed by atoms with E-state index in [9.17, 15) is 4.79 Å². The quantitative estimate of drug-likeness (QED) is 0.512. The molecule has 0 aliphatic carbocycles. The maximum Gasteiger partial charge on any atom is 0.265 e. The van der Waals surface area contributed by atoms with Crippen LogP contribution in [0, 0.1) is 0 Å². The second-order valence-corrected chi connectivity index (χ2v) is 6.15. The van der Waals surface area contributed by atoms with Crippen molar-refractivity contribution in [2.24, 2.45) is 5.16 Å². The maximum absolute atomic E-state index is 11.9. The number of anilines is 1. The Morgan fingerprint density at radius 3 is 2.56 bits per heavy atom. The van der Waals surface area contributed by atoms with Crippen molar-refractivity contribution < 1.29 is 19.1 Å². The Labute approximate surface area is 164 Å². The average Bonchev–Trinajstić information content (AvgIpc) is 2.66. The number of halogens is 1. The van der Waals surface area contributed by atoms with Crippen LogP contribution < -0.4 is 14.8 Å². The van der Waals surface area contributed by atoms with E-state index in [4.69, 9.17) is 25.9 Å². The Kier molecular flexibility index (Phi) is 7.95. The number of hydrogen-bond donors (Lipinski definition) is 1. The topological polar surface area (TPSA) is 69.2 Å². The van der Waals surface area contributed by atoms with Crippen molar-refractivity contribution in [2.75, 3.05) is 26.1 Å². The Hall–Kier alpha value is -2.73. The molecule has 0 saturated carbocycles. The van der Waals surface area contributed by atoms with Crippen LogP contribution in [0.15, 0.2) is 41.6 Å². The average molecular weight is 391 g/mol. The molecule has 0 saturated heterocycles. The largest absolute Gasteiger partial charge is 0.493 e. The lowest BCUT2D eigenvalue weighted by atomic mass is 10.1. The number of carbonyl (C=O) groups excluding carboxylic acids is 1. The molecule has 27 heavy (non-hydrogen) atoms. The minimum absolute atomic E-state index is 0.200. The van der Waals surface area contributed by atoms with Gasteiger partial charge >= 0.3 is 0 Å². The number of rotatable bonds is 9. The molecule has 144 valence electrons. The molecule has 0 bridgehead atoms. The van der Waals surface area contributed by atoms with Gasteiger partial charge in [-0.3, -0.25) is 4.79 Å². The molecule has 0 aromatic heterocycles. The summed E-state index contributed by atoms with van der Waals surface area (Å²) in [6.45, 7) is 1.93. The smallest absolute Gasteiger partial charge is 0.265 e. The molecule has 2 rings (SSSR count). The third-order valence-electron chi connectivity index (χ3n) is 3.70. The number of oxime groups is 1. The van der Waals surface area contributed by atoms with Gasteiger partial charge in [0.15, 0.2) is 18.1 Å². The minimum atomic E-state index is -0.291. The molecule has 1 amide bonds. The zero-order valence-electron chi connectivity index (χ0n) is 15.6. The van der Waals surface area contributed by atoms with Gasteiger partial charge in [0.25, 0.3) is 5.91 Å². The number of carbonyl (C=O) groups is 1. The Morgan fingerprint density at radius 1 is 1.19 bits per heavy atom. The fourth-order valence-electron chi connectivity index (χ4n) is 2.45. The predicted molar refractivity (Wildman–Crippen MR) is 107 cm³/mol. The van der Waals surface area contributed by atoms with Gasteiger partial charge in [-0.15, -0.1) is 0 Å². The van der Waals surface area contributed by atoms with Gasteiger partial charge in [0.2, 0.25) is 0 Å². The SMILES string of the molecule is CCCc1ccc(NC(=O)CO/N=C/c2cc(Cl)c(OC)c(OC)c2)cc1. The first kappa shape index (κ1) is 20.6. The molecular formula is C20H23ClN2O4. The predicted octanol–water partition coefficient (Wildman–Crippen LogP) is 4.30. The van der Waals surface area contributed by atoms with Crippen LogP contribution >= 0.6 is 11.6 Å². The van der Waals surface area contributed by atoms with Gasteiger partial charge in [0.05, 0.1) is 25.5 Å². The van der Waals surface area contributed by atoms with E-state index in [1.807, 2.05) is 24.3 Å². The summed E-state index contributed by atoms with van der Waals surface area (Å²) in [5.41, 5.74) is 2.62. The van der Waals surface area contributed by atoms with E-state index in [2.05, 4.69) is 17.4 Å². The summed E-state index contributed by atoms with van der Waals surface area (Å²) < 4.78 is 10.4. The second kappa shape index (κ2) is 10.4. The lowest BCUT2D eigenvalue weighted by molar-refractivity contribution is -0.120. The molecule has 6 nitrogen and oxygen atoms in total. The van der Waals surface area contributed by atoms with Crippen LogP contribution in [0.5, 0.6) is 11.5 Å². The van der Waals surface area contributed by atoms with Crippen molar-refractivity contribution in [2.45, 2.75) is 19.8 Å². The summed E-state index contributed by atoms with van der Waals surface area (Å²) in [6.07, 6.45) is 3.55. The van der Waals surface area contributed by atoms with Crippen molar-refractivity contribution in [3.8, 4) is 11.5 Å². The lowest BCUT2D eigenvalue weighted by Crippen LogP contribution is -2.16. The first-order chi connectivity index (χ1) is 13.1. The molecule has 2 aromatic carbocycles.